The lowest BCUT2D eigenvalue weighted by Crippen LogP contribution is -2.03. The van der Waals surface area contributed by atoms with Crippen molar-refractivity contribution in [1.82, 2.24) is 9.78 Å². The van der Waals surface area contributed by atoms with E-state index in [4.69, 9.17) is 16.3 Å². The highest BCUT2D eigenvalue weighted by molar-refractivity contribution is 9.10. The maximum atomic E-state index is 10.4. The second kappa shape index (κ2) is 6.16. The van der Waals surface area contributed by atoms with Crippen molar-refractivity contribution in [3.63, 3.8) is 0 Å². The number of ether oxygens (including phenoxy) is 1. The van der Waals surface area contributed by atoms with Crippen molar-refractivity contribution in [3.05, 3.63) is 44.6 Å². The average molecular weight is 360 g/mol. The normalized spacial score (nSPS) is 12.5. The van der Waals surface area contributed by atoms with Gasteiger partial charge >= 0.3 is 0 Å². The zero-order chi connectivity index (χ0) is 14.9. The first-order chi connectivity index (χ1) is 9.43. The molecule has 0 saturated carbocycles. The molecule has 2 rings (SSSR count). The van der Waals surface area contributed by atoms with Gasteiger partial charge in [-0.2, -0.15) is 5.10 Å². The fraction of sp³-hybridized carbons (Fsp3) is 0.357. The van der Waals surface area contributed by atoms with E-state index in [2.05, 4.69) is 21.0 Å². The molecule has 0 aliphatic rings. The zero-order valence-corrected chi connectivity index (χ0v) is 13.9. The van der Waals surface area contributed by atoms with E-state index in [0.717, 1.165) is 27.0 Å². The second-order valence-electron chi connectivity index (χ2n) is 4.59. The standard InChI is InChI=1S/C14H16BrClN2O2/c1-8-10(14(16)18(2)17-8)7-12(19)9-4-5-13(20-3)11(15)6-9/h4-6,12,19H,7H2,1-3H3. The summed E-state index contributed by atoms with van der Waals surface area (Å²) in [5.41, 5.74) is 2.51. The summed E-state index contributed by atoms with van der Waals surface area (Å²) in [5.74, 6) is 0.733. The van der Waals surface area contributed by atoms with Gasteiger partial charge in [0, 0.05) is 19.0 Å². The monoisotopic (exact) mass is 358 g/mol. The molecule has 4 nitrogen and oxygen atoms in total. The molecule has 2 aromatic rings. The van der Waals surface area contributed by atoms with Gasteiger partial charge in [0.05, 0.1) is 23.4 Å². The molecular weight excluding hydrogens is 344 g/mol. The Labute approximate surface area is 131 Å². The molecule has 0 amide bonds. The number of aromatic nitrogens is 2. The summed E-state index contributed by atoms with van der Waals surface area (Å²) in [6.07, 6.45) is -0.213. The molecule has 1 N–H and O–H groups in total. The number of aliphatic hydroxyl groups excluding tert-OH is 1. The molecule has 0 aliphatic carbocycles. The first-order valence-corrected chi connectivity index (χ1v) is 7.30. The van der Waals surface area contributed by atoms with Gasteiger partial charge < -0.3 is 9.84 Å². The van der Waals surface area contributed by atoms with Crippen molar-refractivity contribution in [2.45, 2.75) is 19.4 Å². The zero-order valence-electron chi connectivity index (χ0n) is 11.5. The van der Waals surface area contributed by atoms with E-state index in [1.165, 1.54) is 0 Å². The molecule has 0 aliphatic heterocycles. The van der Waals surface area contributed by atoms with Crippen LogP contribution in [0.4, 0.5) is 0 Å². The van der Waals surface area contributed by atoms with Crippen LogP contribution in [-0.2, 0) is 13.5 Å². The Bertz CT molecular complexity index is 628. The summed E-state index contributed by atoms with van der Waals surface area (Å²) in [6, 6.07) is 5.51. The Kier molecular flexibility index (Phi) is 4.73. The van der Waals surface area contributed by atoms with Gasteiger partial charge in [-0.15, -0.1) is 0 Å². The molecule has 0 spiro atoms. The largest absolute Gasteiger partial charge is 0.496 e. The van der Waals surface area contributed by atoms with Gasteiger partial charge in [-0.05, 0) is 40.5 Å². The first kappa shape index (κ1) is 15.4. The molecule has 1 aromatic carbocycles. The molecule has 0 radical (unpaired) electrons. The average Bonchev–Trinajstić information content (AvgIpc) is 2.65. The predicted octanol–water partition coefficient (Wildman–Crippen LogP) is 3.43. The fourth-order valence-electron chi connectivity index (χ4n) is 2.11. The lowest BCUT2D eigenvalue weighted by atomic mass is 10.0. The van der Waals surface area contributed by atoms with Crippen LogP contribution in [0.1, 0.15) is 22.9 Å². The number of methoxy groups -OCH3 is 1. The van der Waals surface area contributed by atoms with Crippen LogP contribution in [-0.4, -0.2) is 22.0 Å². The van der Waals surface area contributed by atoms with Crippen LogP contribution in [0.3, 0.4) is 0 Å². The molecule has 0 fully saturated rings. The van der Waals surface area contributed by atoms with E-state index in [1.807, 2.05) is 25.1 Å². The first-order valence-electron chi connectivity index (χ1n) is 6.13. The van der Waals surface area contributed by atoms with Crippen LogP contribution in [0.2, 0.25) is 5.15 Å². The lowest BCUT2D eigenvalue weighted by Gasteiger charge is -2.13. The third-order valence-corrected chi connectivity index (χ3v) is 4.32. The van der Waals surface area contributed by atoms with Crippen molar-refractivity contribution in [1.29, 1.82) is 0 Å². The number of aliphatic hydroxyl groups is 1. The van der Waals surface area contributed by atoms with E-state index >= 15 is 0 Å². The SMILES string of the molecule is COc1ccc(C(O)Cc2c(C)nn(C)c2Cl)cc1Br. The third kappa shape index (κ3) is 3.00. The Hall–Kier alpha value is -1.04. The molecule has 1 atom stereocenters. The maximum Gasteiger partial charge on any atom is 0.133 e. The number of nitrogens with zero attached hydrogens (tertiary/aromatic N) is 2. The van der Waals surface area contributed by atoms with Gasteiger partial charge in [0.1, 0.15) is 10.9 Å². The van der Waals surface area contributed by atoms with Crippen LogP contribution in [0.5, 0.6) is 5.75 Å². The van der Waals surface area contributed by atoms with Gasteiger partial charge in [-0.3, -0.25) is 4.68 Å². The molecule has 1 heterocycles. The molecular formula is C14H16BrClN2O2. The Morgan fingerprint density at radius 3 is 2.70 bits per heavy atom. The Balaban J connectivity index is 2.23. The minimum atomic E-state index is -0.641. The van der Waals surface area contributed by atoms with Crippen molar-refractivity contribution in [2.24, 2.45) is 7.05 Å². The van der Waals surface area contributed by atoms with Crippen molar-refractivity contribution >= 4 is 27.5 Å². The van der Waals surface area contributed by atoms with Gasteiger partial charge in [0.15, 0.2) is 0 Å². The smallest absolute Gasteiger partial charge is 0.133 e. The molecule has 20 heavy (non-hydrogen) atoms. The van der Waals surface area contributed by atoms with Crippen LogP contribution in [0, 0.1) is 6.92 Å². The number of halogens is 2. The van der Waals surface area contributed by atoms with Crippen molar-refractivity contribution in [2.75, 3.05) is 7.11 Å². The van der Waals surface area contributed by atoms with Crippen LogP contribution in [0.25, 0.3) is 0 Å². The maximum absolute atomic E-state index is 10.4. The number of hydrogen-bond acceptors (Lipinski definition) is 3. The topological polar surface area (TPSA) is 47.3 Å². The summed E-state index contributed by atoms with van der Waals surface area (Å²) >= 11 is 9.60. The quantitative estimate of drug-likeness (QED) is 0.910. The molecule has 6 heteroatoms. The highest BCUT2D eigenvalue weighted by Gasteiger charge is 2.17. The summed E-state index contributed by atoms with van der Waals surface area (Å²) in [5, 5.41) is 15.2. The molecule has 1 aromatic heterocycles. The van der Waals surface area contributed by atoms with Gasteiger partial charge in [-0.25, -0.2) is 0 Å². The third-order valence-electron chi connectivity index (χ3n) is 3.23. The van der Waals surface area contributed by atoms with E-state index in [-0.39, 0.29) is 0 Å². The molecule has 0 saturated heterocycles. The molecule has 0 bridgehead atoms. The number of aryl methyl sites for hydroxylation is 2. The number of rotatable bonds is 4. The van der Waals surface area contributed by atoms with E-state index in [1.54, 1.807) is 18.8 Å². The van der Waals surface area contributed by atoms with Crippen molar-refractivity contribution in [3.8, 4) is 5.75 Å². The second-order valence-corrected chi connectivity index (χ2v) is 5.80. The number of benzene rings is 1. The molecule has 108 valence electrons. The minimum absolute atomic E-state index is 0.428. The van der Waals surface area contributed by atoms with Gasteiger partial charge in [0.25, 0.3) is 0 Å². The predicted molar refractivity (Wildman–Crippen MR) is 82.3 cm³/mol. The van der Waals surface area contributed by atoms with E-state index < -0.39 is 6.10 Å². The highest BCUT2D eigenvalue weighted by atomic mass is 79.9. The highest BCUT2D eigenvalue weighted by Crippen LogP contribution is 2.31. The van der Waals surface area contributed by atoms with Gasteiger partial charge in [-0.1, -0.05) is 17.7 Å². The van der Waals surface area contributed by atoms with E-state index in [0.29, 0.717) is 11.6 Å². The Morgan fingerprint density at radius 1 is 1.50 bits per heavy atom. The summed E-state index contributed by atoms with van der Waals surface area (Å²) in [4.78, 5) is 0. The summed E-state index contributed by atoms with van der Waals surface area (Å²) < 4.78 is 7.60. The van der Waals surface area contributed by atoms with Crippen LogP contribution >= 0.6 is 27.5 Å². The lowest BCUT2D eigenvalue weighted by molar-refractivity contribution is 0.178. The summed E-state index contributed by atoms with van der Waals surface area (Å²) in [7, 11) is 3.39. The molecule has 1 unspecified atom stereocenters. The minimum Gasteiger partial charge on any atom is -0.496 e. The fourth-order valence-corrected chi connectivity index (χ4v) is 2.92. The Morgan fingerprint density at radius 2 is 2.20 bits per heavy atom. The van der Waals surface area contributed by atoms with Crippen LogP contribution in [0.15, 0.2) is 22.7 Å². The van der Waals surface area contributed by atoms with Gasteiger partial charge in [0.2, 0.25) is 0 Å². The van der Waals surface area contributed by atoms with E-state index in [9.17, 15) is 5.11 Å². The summed E-state index contributed by atoms with van der Waals surface area (Å²) in [6.45, 7) is 1.89. The van der Waals surface area contributed by atoms with Crippen molar-refractivity contribution < 1.29 is 9.84 Å². The van der Waals surface area contributed by atoms with Crippen LogP contribution < -0.4 is 4.74 Å². The number of hydrogen-bond donors (Lipinski definition) is 1.